The summed E-state index contributed by atoms with van der Waals surface area (Å²) < 4.78 is 6.74. The third-order valence-corrected chi connectivity index (χ3v) is 9.30. The third-order valence-electron chi connectivity index (χ3n) is 9.30. The minimum Gasteiger partial charge on any atom is -0.481 e. The van der Waals surface area contributed by atoms with Crippen molar-refractivity contribution < 1.29 is 19.4 Å². The number of carboxylic acids is 1. The minimum absolute atomic E-state index is 0.0404. The molecule has 7 rings (SSSR count). The van der Waals surface area contributed by atoms with Gasteiger partial charge < -0.3 is 20.1 Å². The number of carboxylic acid groups (broad SMARTS) is 1. The highest BCUT2D eigenvalue weighted by atomic mass is 16.5. The lowest BCUT2D eigenvalue weighted by molar-refractivity contribution is -0.169. The molecule has 1 aromatic carbocycles. The first-order valence-corrected chi connectivity index (χ1v) is 14.3. The predicted molar refractivity (Wildman–Crippen MR) is 140 cm³/mol. The molecule has 198 valence electrons. The van der Waals surface area contributed by atoms with Gasteiger partial charge in [0.15, 0.2) is 5.69 Å². The van der Waals surface area contributed by atoms with Crippen molar-refractivity contribution in [2.24, 2.45) is 17.8 Å². The first kappa shape index (κ1) is 24.7. The van der Waals surface area contributed by atoms with Crippen molar-refractivity contribution in [2.45, 2.75) is 102 Å². The highest BCUT2D eigenvalue weighted by Gasteiger charge is 2.51. The molecule has 0 aliphatic heterocycles. The van der Waals surface area contributed by atoms with E-state index in [1.807, 2.05) is 0 Å². The molecule has 0 atom stereocenters. The molecule has 3 N–H and O–H groups in total. The number of rotatable bonds is 8. The molecule has 7 nitrogen and oxygen atoms in total. The van der Waals surface area contributed by atoms with Gasteiger partial charge in [-0.05, 0) is 86.8 Å². The van der Waals surface area contributed by atoms with Crippen LogP contribution in [0.1, 0.15) is 111 Å². The van der Waals surface area contributed by atoms with Gasteiger partial charge in [0.25, 0.3) is 5.91 Å². The lowest BCUT2D eigenvalue weighted by Gasteiger charge is -2.56. The number of imidazole rings is 1. The molecule has 1 heterocycles. The number of H-pyrrole nitrogens is 1. The van der Waals surface area contributed by atoms with E-state index < -0.39 is 5.97 Å². The van der Waals surface area contributed by atoms with Crippen molar-refractivity contribution in [3.05, 3.63) is 47.0 Å². The van der Waals surface area contributed by atoms with Crippen LogP contribution in [0.5, 0.6) is 0 Å². The van der Waals surface area contributed by atoms with Crippen LogP contribution in [-0.2, 0) is 22.6 Å². The topological polar surface area (TPSA) is 104 Å². The van der Waals surface area contributed by atoms with Crippen LogP contribution in [-0.4, -0.2) is 32.6 Å². The number of hydrogen-bond acceptors (Lipinski definition) is 4. The smallest absolute Gasteiger partial charge is 0.307 e. The molecule has 5 aliphatic carbocycles. The Morgan fingerprint density at radius 1 is 1.03 bits per heavy atom. The van der Waals surface area contributed by atoms with E-state index >= 15 is 0 Å². The summed E-state index contributed by atoms with van der Waals surface area (Å²) >= 11 is 0. The van der Waals surface area contributed by atoms with E-state index in [0.717, 1.165) is 61.4 Å². The van der Waals surface area contributed by atoms with Crippen LogP contribution in [0.25, 0.3) is 0 Å². The summed E-state index contributed by atoms with van der Waals surface area (Å²) in [5.74, 6) is 2.50. The molecule has 1 amide bonds. The van der Waals surface area contributed by atoms with E-state index in [4.69, 9.17) is 14.8 Å². The van der Waals surface area contributed by atoms with Gasteiger partial charge in [0.05, 0.1) is 24.3 Å². The number of amides is 1. The molecule has 5 aliphatic rings. The van der Waals surface area contributed by atoms with Gasteiger partial charge in [-0.15, -0.1) is 0 Å². The van der Waals surface area contributed by atoms with Crippen LogP contribution in [0.2, 0.25) is 0 Å². The molecule has 1 aromatic heterocycles. The average molecular weight is 506 g/mol. The Bertz CT molecular complexity index is 1110. The molecule has 37 heavy (non-hydrogen) atoms. The quantitative estimate of drug-likeness (QED) is 0.370. The second-order valence-corrected chi connectivity index (χ2v) is 12.3. The molecule has 5 saturated carbocycles. The number of aliphatic carboxylic acids is 1. The zero-order valence-electron chi connectivity index (χ0n) is 21.6. The lowest BCUT2D eigenvalue weighted by atomic mass is 9.54. The van der Waals surface area contributed by atoms with Crippen LogP contribution in [0.3, 0.4) is 0 Å². The predicted octanol–water partition coefficient (Wildman–Crippen LogP) is 6.21. The minimum atomic E-state index is -0.895. The summed E-state index contributed by atoms with van der Waals surface area (Å²) in [5, 5.41) is 12.1. The Morgan fingerprint density at radius 3 is 2.35 bits per heavy atom. The van der Waals surface area contributed by atoms with E-state index in [9.17, 15) is 9.59 Å². The molecule has 7 heteroatoms. The van der Waals surface area contributed by atoms with Gasteiger partial charge in [0, 0.05) is 11.6 Å². The highest BCUT2D eigenvalue weighted by molar-refractivity contribution is 6.03. The SMILES string of the molecule is O=C(O)Cc1cccc(NC(=O)c2nc(C3CCCCCC3)[nH]c2COC23CC4CC(CC(C4)C2)C3)c1. The first-order valence-electron chi connectivity index (χ1n) is 14.3. The van der Waals surface area contributed by atoms with Crippen LogP contribution in [0.4, 0.5) is 5.69 Å². The van der Waals surface area contributed by atoms with Crippen molar-refractivity contribution in [1.29, 1.82) is 0 Å². The fraction of sp³-hybridized carbons (Fsp3) is 0.633. The monoisotopic (exact) mass is 505 g/mol. The Kier molecular flexibility index (Phi) is 6.82. The maximum Gasteiger partial charge on any atom is 0.307 e. The second kappa shape index (κ2) is 10.2. The van der Waals surface area contributed by atoms with Crippen LogP contribution >= 0.6 is 0 Å². The van der Waals surface area contributed by atoms with Gasteiger partial charge in [-0.1, -0.05) is 37.8 Å². The Hall–Kier alpha value is -2.67. The van der Waals surface area contributed by atoms with Crippen LogP contribution < -0.4 is 5.32 Å². The lowest BCUT2D eigenvalue weighted by Crippen LogP contribution is -2.51. The molecule has 4 bridgehead atoms. The average Bonchev–Trinajstić information content (AvgIpc) is 3.08. The Morgan fingerprint density at radius 2 is 1.70 bits per heavy atom. The Labute approximate surface area is 218 Å². The largest absolute Gasteiger partial charge is 0.481 e. The second-order valence-electron chi connectivity index (χ2n) is 12.3. The number of hydrogen-bond donors (Lipinski definition) is 3. The third kappa shape index (κ3) is 5.47. The van der Waals surface area contributed by atoms with E-state index in [1.165, 1.54) is 44.9 Å². The Balaban J connectivity index is 1.23. The number of ether oxygens (including phenoxy) is 1. The van der Waals surface area contributed by atoms with Crippen molar-refractivity contribution in [3.8, 4) is 0 Å². The maximum absolute atomic E-state index is 13.5. The number of aromatic nitrogens is 2. The summed E-state index contributed by atoms with van der Waals surface area (Å²) in [6, 6.07) is 7.03. The van der Waals surface area contributed by atoms with Gasteiger partial charge in [0.2, 0.25) is 0 Å². The molecule has 0 unspecified atom stereocenters. The van der Waals surface area contributed by atoms with Gasteiger partial charge in [0.1, 0.15) is 5.82 Å². The number of nitrogens with one attached hydrogen (secondary N) is 2. The number of anilines is 1. The number of aromatic amines is 1. The van der Waals surface area contributed by atoms with Crippen molar-refractivity contribution in [2.75, 3.05) is 5.32 Å². The zero-order valence-corrected chi connectivity index (χ0v) is 21.6. The number of carbonyl (C=O) groups is 2. The van der Waals surface area contributed by atoms with Gasteiger partial charge in [-0.3, -0.25) is 9.59 Å². The summed E-state index contributed by atoms with van der Waals surface area (Å²) in [5.41, 5.74) is 2.37. The molecule has 0 spiro atoms. The highest BCUT2D eigenvalue weighted by Crippen LogP contribution is 2.57. The summed E-state index contributed by atoms with van der Waals surface area (Å²) in [6.07, 6.45) is 14.6. The van der Waals surface area contributed by atoms with E-state index in [-0.39, 0.29) is 17.9 Å². The fourth-order valence-corrected chi connectivity index (χ4v) is 8.03. The zero-order chi connectivity index (χ0) is 25.4. The number of benzene rings is 1. The van der Waals surface area contributed by atoms with Gasteiger partial charge in [-0.25, -0.2) is 4.98 Å². The van der Waals surface area contributed by atoms with Crippen LogP contribution in [0, 0.1) is 17.8 Å². The van der Waals surface area contributed by atoms with E-state index in [0.29, 0.717) is 29.5 Å². The van der Waals surface area contributed by atoms with E-state index in [2.05, 4.69) is 10.3 Å². The summed E-state index contributed by atoms with van der Waals surface area (Å²) in [4.78, 5) is 33.0. The fourth-order valence-electron chi connectivity index (χ4n) is 8.03. The van der Waals surface area contributed by atoms with Crippen molar-refractivity contribution in [1.82, 2.24) is 9.97 Å². The number of nitrogens with zero attached hydrogens (tertiary/aromatic N) is 1. The number of carbonyl (C=O) groups excluding carboxylic acids is 1. The standard InChI is InChI=1S/C30H39N3O4/c34-26(35)14-19-6-5-9-24(13-19)31-29(36)27-25(32-28(33-27)23-7-3-1-2-4-8-23)18-37-30-15-20-10-21(16-30)12-22(11-20)17-30/h5-6,9,13,20-23H,1-4,7-8,10-12,14-18H2,(H,31,36)(H,32,33)(H,34,35). The molecule has 0 saturated heterocycles. The van der Waals surface area contributed by atoms with Crippen LogP contribution in [0.15, 0.2) is 24.3 Å². The maximum atomic E-state index is 13.5. The molecular weight excluding hydrogens is 466 g/mol. The van der Waals surface area contributed by atoms with Gasteiger partial charge >= 0.3 is 5.97 Å². The molecular formula is C30H39N3O4. The summed E-state index contributed by atoms with van der Waals surface area (Å²) in [6.45, 7) is 0.383. The molecule has 0 radical (unpaired) electrons. The van der Waals surface area contributed by atoms with Gasteiger partial charge in [-0.2, -0.15) is 0 Å². The first-order chi connectivity index (χ1) is 17.9. The van der Waals surface area contributed by atoms with Crippen molar-refractivity contribution >= 4 is 17.6 Å². The van der Waals surface area contributed by atoms with Crippen molar-refractivity contribution in [3.63, 3.8) is 0 Å². The molecule has 2 aromatic rings. The normalized spacial score (nSPS) is 29.2. The summed E-state index contributed by atoms with van der Waals surface area (Å²) in [7, 11) is 0. The van der Waals surface area contributed by atoms with E-state index in [1.54, 1.807) is 24.3 Å². The molecule has 5 fully saturated rings.